The van der Waals surface area contributed by atoms with Gasteiger partial charge in [-0.05, 0) is 49.5 Å². The maximum Gasteiger partial charge on any atom is 0.253 e. The third-order valence-corrected chi connectivity index (χ3v) is 10.5. The van der Waals surface area contributed by atoms with E-state index < -0.39 is 15.6 Å². The summed E-state index contributed by atoms with van der Waals surface area (Å²) in [6, 6.07) is 8.08. The van der Waals surface area contributed by atoms with E-state index in [2.05, 4.69) is 33.1 Å². The van der Waals surface area contributed by atoms with Crippen molar-refractivity contribution in [3.63, 3.8) is 0 Å². The van der Waals surface area contributed by atoms with E-state index in [0.29, 0.717) is 31.8 Å². The number of carbonyl (C=O) groups is 1. The van der Waals surface area contributed by atoms with Crippen LogP contribution in [0.1, 0.15) is 50.5 Å². The number of benzene rings is 1. The summed E-state index contributed by atoms with van der Waals surface area (Å²) >= 11 is 0. The first-order chi connectivity index (χ1) is 18.9. The number of ether oxygens (including phenoxy) is 1. The van der Waals surface area contributed by atoms with Gasteiger partial charge >= 0.3 is 0 Å². The van der Waals surface area contributed by atoms with Gasteiger partial charge in [0.15, 0.2) is 0 Å². The number of piperidine rings is 1. The van der Waals surface area contributed by atoms with Gasteiger partial charge in [0.1, 0.15) is 11.4 Å². The average Bonchev–Trinajstić information content (AvgIpc) is 3.53. The molecule has 9 nitrogen and oxygen atoms in total. The number of hydrogen-bond donors (Lipinski definition) is 1. The van der Waals surface area contributed by atoms with Crippen LogP contribution in [0.15, 0.2) is 40.9 Å². The van der Waals surface area contributed by atoms with Gasteiger partial charge in [-0.25, -0.2) is 8.42 Å². The minimum absolute atomic E-state index is 0.0551. The standard InChI is InChI=1S/C29H39N5O4S/c35-28-29(31-27(30-28)24-5-2-1-3-6-24)11-14-34(15-12-29)39(36,37)22-10-23-7-4-8-26-25(23)9-13-33(26)17-16-32-18-20-38-21-19-32/h4,7-10,13,22,24H,1-3,5-6,11-12,14-21H2,(H,30,31,35)/b22-10+. The highest BCUT2D eigenvalue weighted by Gasteiger charge is 2.48. The molecule has 1 amide bonds. The lowest BCUT2D eigenvalue weighted by atomic mass is 9.88. The van der Waals surface area contributed by atoms with Gasteiger partial charge in [0.2, 0.25) is 10.0 Å². The number of fused-ring (bicyclic) bond motifs is 1. The number of carbonyl (C=O) groups excluding carboxylic acids is 1. The van der Waals surface area contributed by atoms with Crippen LogP contribution < -0.4 is 5.32 Å². The predicted molar refractivity (Wildman–Crippen MR) is 153 cm³/mol. The summed E-state index contributed by atoms with van der Waals surface area (Å²) in [6.45, 7) is 5.92. The highest BCUT2D eigenvalue weighted by Crippen LogP contribution is 2.35. The Balaban J connectivity index is 1.11. The summed E-state index contributed by atoms with van der Waals surface area (Å²) in [5, 5.41) is 5.40. The van der Waals surface area contributed by atoms with Crippen molar-refractivity contribution < 1.29 is 17.9 Å². The first-order valence-corrected chi connectivity index (χ1v) is 15.9. The smallest absolute Gasteiger partial charge is 0.253 e. The molecule has 0 unspecified atom stereocenters. The van der Waals surface area contributed by atoms with E-state index in [-0.39, 0.29) is 5.91 Å². The summed E-state index contributed by atoms with van der Waals surface area (Å²) in [6.07, 6.45) is 10.4. The van der Waals surface area contributed by atoms with Crippen LogP contribution in [0.4, 0.5) is 0 Å². The Morgan fingerprint density at radius 3 is 2.56 bits per heavy atom. The highest BCUT2D eigenvalue weighted by atomic mass is 32.2. The Hall–Kier alpha value is -2.53. The van der Waals surface area contributed by atoms with Crippen LogP contribution >= 0.6 is 0 Å². The lowest BCUT2D eigenvalue weighted by Gasteiger charge is -2.34. The minimum atomic E-state index is -3.62. The zero-order valence-electron chi connectivity index (χ0n) is 22.6. The van der Waals surface area contributed by atoms with Crippen molar-refractivity contribution in [2.45, 2.75) is 57.0 Å². The molecule has 1 saturated carbocycles. The second-order valence-electron chi connectivity index (χ2n) is 11.3. The van der Waals surface area contributed by atoms with Crippen LogP contribution in [0.2, 0.25) is 0 Å². The maximum absolute atomic E-state index is 13.3. The maximum atomic E-state index is 13.3. The number of rotatable bonds is 7. The van der Waals surface area contributed by atoms with E-state index in [1.165, 1.54) is 29.0 Å². The van der Waals surface area contributed by atoms with Gasteiger partial charge in [-0.1, -0.05) is 31.4 Å². The number of nitrogens with zero attached hydrogens (tertiary/aromatic N) is 4. The molecule has 1 aromatic heterocycles. The molecule has 2 aromatic rings. The molecular weight excluding hydrogens is 514 g/mol. The van der Waals surface area contributed by atoms with E-state index in [4.69, 9.17) is 9.73 Å². The summed E-state index contributed by atoms with van der Waals surface area (Å²) in [4.78, 5) is 20.2. The summed E-state index contributed by atoms with van der Waals surface area (Å²) in [5.74, 6) is 1.12. The van der Waals surface area contributed by atoms with Crippen molar-refractivity contribution >= 4 is 38.7 Å². The Kier molecular flexibility index (Phi) is 7.63. The Morgan fingerprint density at radius 2 is 1.79 bits per heavy atom. The number of sulfonamides is 1. The number of morpholine rings is 1. The SMILES string of the molecule is O=C1NC(C2CCCCC2)=NC12CCN(S(=O)(=O)/C=C/c1cccc3c1ccn3CCN1CCOCC1)CC2. The molecule has 1 aliphatic carbocycles. The molecule has 2 saturated heterocycles. The van der Waals surface area contributed by atoms with Crippen LogP contribution in [0.25, 0.3) is 17.0 Å². The third-order valence-electron chi connectivity index (χ3n) is 8.93. The van der Waals surface area contributed by atoms with Crippen molar-refractivity contribution in [1.82, 2.24) is 19.1 Å². The van der Waals surface area contributed by atoms with Crippen LogP contribution in [-0.2, 0) is 26.1 Å². The minimum Gasteiger partial charge on any atom is -0.379 e. The van der Waals surface area contributed by atoms with E-state index in [9.17, 15) is 13.2 Å². The Bertz CT molecular complexity index is 1360. The van der Waals surface area contributed by atoms with Gasteiger partial charge in [0.25, 0.3) is 5.91 Å². The fraction of sp³-hybridized carbons (Fsp3) is 0.586. The molecule has 210 valence electrons. The normalized spacial score (nSPS) is 23.6. The average molecular weight is 554 g/mol. The quantitative estimate of drug-likeness (QED) is 0.568. The molecule has 3 fully saturated rings. The summed E-state index contributed by atoms with van der Waals surface area (Å²) < 4.78 is 35.7. The van der Waals surface area contributed by atoms with Crippen LogP contribution in [0.5, 0.6) is 0 Å². The van der Waals surface area contributed by atoms with Crippen LogP contribution in [0.3, 0.4) is 0 Å². The molecule has 4 aliphatic rings. The number of hydrogen-bond acceptors (Lipinski definition) is 6. The fourth-order valence-electron chi connectivity index (χ4n) is 6.47. The van der Waals surface area contributed by atoms with Gasteiger partial charge in [-0.2, -0.15) is 4.31 Å². The lowest BCUT2D eigenvalue weighted by Crippen LogP contribution is -2.50. The lowest BCUT2D eigenvalue weighted by molar-refractivity contribution is -0.124. The van der Waals surface area contributed by atoms with Gasteiger partial charge in [0.05, 0.1) is 13.2 Å². The molecule has 0 bridgehead atoms. The monoisotopic (exact) mass is 553 g/mol. The molecule has 3 aliphatic heterocycles. The Morgan fingerprint density at radius 1 is 1.03 bits per heavy atom. The molecule has 0 radical (unpaired) electrons. The molecule has 0 atom stereocenters. The topological polar surface area (TPSA) is 96.2 Å². The van der Waals surface area contributed by atoms with Crippen LogP contribution in [0, 0.1) is 5.92 Å². The van der Waals surface area contributed by atoms with Crippen molar-refractivity contribution in [2.75, 3.05) is 45.9 Å². The predicted octanol–water partition coefficient (Wildman–Crippen LogP) is 3.22. The van der Waals surface area contributed by atoms with E-state index in [1.54, 1.807) is 6.08 Å². The van der Waals surface area contributed by atoms with E-state index >= 15 is 0 Å². The molecule has 1 aromatic carbocycles. The Labute approximate surface area is 230 Å². The van der Waals surface area contributed by atoms with Crippen LogP contribution in [-0.4, -0.2) is 85.4 Å². The molecule has 10 heteroatoms. The molecule has 4 heterocycles. The molecule has 39 heavy (non-hydrogen) atoms. The second-order valence-corrected chi connectivity index (χ2v) is 13.1. The van der Waals surface area contributed by atoms with Crippen molar-refractivity contribution in [2.24, 2.45) is 10.9 Å². The van der Waals surface area contributed by atoms with E-state index in [1.807, 2.05) is 12.1 Å². The number of amidine groups is 1. The number of aliphatic imine (C=N–C) groups is 1. The van der Waals surface area contributed by atoms with Gasteiger partial charge in [-0.3, -0.25) is 14.7 Å². The summed E-state index contributed by atoms with van der Waals surface area (Å²) in [7, 11) is -3.62. The first kappa shape index (κ1) is 26.7. The number of aromatic nitrogens is 1. The first-order valence-electron chi connectivity index (χ1n) is 14.4. The van der Waals surface area contributed by atoms with Gasteiger partial charge in [0, 0.05) is 67.7 Å². The fourth-order valence-corrected chi connectivity index (χ4v) is 7.65. The molecule has 1 spiro atoms. The van der Waals surface area contributed by atoms with Crippen molar-refractivity contribution in [3.8, 4) is 0 Å². The van der Waals surface area contributed by atoms with Gasteiger partial charge < -0.3 is 14.6 Å². The second kappa shape index (κ2) is 11.2. The van der Waals surface area contributed by atoms with Crippen molar-refractivity contribution in [3.05, 3.63) is 41.4 Å². The largest absolute Gasteiger partial charge is 0.379 e. The molecule has 1 N–H and O–H groups in total. The summed E-state index contributed by atoms with van der Waals surface area (Å²) in [5.41, 5.74) is 1.17. The number of amides is 1. The highest BCUT2D eigenvalue weighted by molar-refractivity contribution is 7.92. The molecule has 6 rings (SSSR count). The van der Waals surface area contributed by atoms with E-state index in [0.717, 1.165) is 74.5 Å². The third kappa shape index (κ3) is 5.57. The molecular formula is C29H39N5O4S. The zero-order chi connectivity index (χ0) is 26.9. The number of nitrogens with one attached hydrogen (secondary N) is 1. The van der Waals surface area contributed by atoms with Crippen molar-refractivity contribution in [1.29, 1.82) is 0 Å². The zero-order valence-corrected chi connectivity index (χ0v) is 23.4. The van der Waals surface area contributed by atoms with Gasteiger partial charge in [-0.15, -0.1) is 0 Å².